The van der Waals surface area contributed by atoms with Gasteiger partial charge in [0.05, 0.1) is 5.69 Å². The molecule has 2 N–H and O–H groups in total. The van der Waals surface area contributed by atoms with E-state index in [-0.39, 0.29) is 11.8 Å². The summed E-state index contributed by atoms with van der Waals surface area (Å²) < 4.78 is 0. The number of hydrogen-bond acceptors (Lipinski definition) is 5. The van der Waals surface area contributed by atoms with Gasteiger partial charge < -0.3 is 15.5 Å². The first-order valence-corrected chi connectivity index (χ1v) is 11.8. The highest BCUT2D eigenvalue weighted by atomic mass is 32.2. The highest BCUT2D eigenvalue weighted by Gasteiger charge is 2.18. The Labute approximate surface area is 183 Å². The minimum Gasteiger partial charge on any atom is -0.367 e. The molecule has 0 atom stereocenters. The van der Waals surface area contributed by atoms with Gasteiger partial charge in [-0.05, 0) is 65.9 Å². The molecule has 0 radical (unpaired) electrons. The van der Waals surface area contributed by atoms with Gasteiger partial charge in [0, 0.05) is 52.0 Å². The first kappa shape index (κ1) is 19.2. The Balaban J connectivity index is 1.27. The summed E-state index contributed by atoms with van der Waals surface area (Å²) in [7, 11) is 0. The van der Waals surface area contributed by atoms with Crippen molar-refractivity contribution in [2.75, 3.05) is 27.8 Å². The number of thiophene rings is 1. The smallest absolute Gasteiger partial charge is 0.255 e. The van der Waals surface area contributed by atoms with Crippen LogP contribution in [-0.2, 0) is 17.8 Å². The van der Waals surface area contributed by atoms with E-state index in [0.29, 0.717) is 17.7 Å². The maximum absolute atomic E-state index is 12.7. The van der Waals surface area contributed by atoms with E-state index in [9.17, 15) is 9.59 Å². The number of nitrogens with one attached hydrogen (secondary N) is 2. The van der Waals surface area contributed by atoms with E-state index in [2.05, 4.69) is 39.1 Å². The summed E-state index contributed by atoms with van der Waals surface area (Å²) >= 11 is 3.47. The van der Waals surface area contributed by atoms with Crippen LogP contribution in [-0.4, -0.2) is 24.1 Å². The van der Waals surface area contributed by atoms with Crippen molar-refractivity contribution >= 4 is 52.0 Å². The second-order valence-electron chi connectivity index (χ2n) is 7.40. The van der Waals surface area contributed by atoms with E-state index in [1.54, 1.807) is 23.9 Å². The summed E-state index contributed by atoms with van der Waals surface area (Å²) in [5, 5.41) is 8.01. The Morgan fingerprint density at radius 3 is 2.80 bits per heavy atom. The SMILES string of the molecule is O=C1CCSc2ccc(C(=O)Nc3ccc(N4CCc5sccc5C4)cc3)cc2N1. The molecular formula is C23H21N3O2S2. The van der Waals surface area contributed by atoms with Gasteiger partial charge in [0.25, 0.3) is 5.91 Å². The van der Waals surface area contributed by atoms with Crippen molar-refractivity contribution in [1.82, 2.24) is 0 Å². The summed E-state index contributed by atoms with van der Waals surface area (Å²) in [5.74, 6) is 0.554. The number of amides is 2. The zero-order chi connectivity index (χ0) is 20.5. The molecule has 3 aromatic rings. The number of rotatable bonds is 3. The molecule has 3 heterocycles. The Bertz CT molecular complexity index is 1110. The summed E-state index contributed by atoms with van der Waals surface area (Å²) in [6, 6.07) is 15.7. The third-order valence-electron chi connectivity index (χ3n) is 5.40. The minimum absolute atomic E-state index is 0.0123. The zero-order valence-electron chi connectivity index (χ0n) is 16.3. The van der Waals surface area contributed by atoms with Crippen LogP contribution < -0.4 is 15.5 Å². The number of thioether (sulfide) groups is 1. The van der Waals surface area contributed by atoms with Crippen molar-refractivity contribution in [2.45, 2.75) is 24.3 Å². The van der Waals surface area contributed by atoms with Crippen LogP contribution in [0.3, 0.4) is 0 Å². The van der Waals surface area contributed by atoms with Gasteiger partial charge in [-0.3, -0.25) is 9.59 Å². The molecule has 5 rings (SSSR count). The number of hydrogen-bond donors (Lipinski definition) is 2. The molecule has 5 nitrogen and oxygen atoms in total. The summed E-state index contributed by atoms with van der Waals surface area (Å²) in [6.07, 6.45) is 1.57. The van der Waals surface area contributed by atoms with Crippen LogP contribution in [0, 0.1) is 0 Å². The van der Waals surface area contributed by atoms with E-state index >= 15 is 0 Å². The van der Waals surface area contributed by atoms with Crippen LogP contribution in [0.15, 0.2) is 58.8 Å². The lowest BCUT2D eigenvalue weighted by Gasteiger charge is -2.29. The molecule has 0 unspecified atom stereocenters. The van der Waals surface area contributed by atoms with Crippen LogP contribution in [0.1, 0.15) is 27.2 Å². The van der Waals surface area contributed by atoms with E-state index in [4.69, 9.17) is 0 Å². The quantitative estimate of drug-likeness (QED) is 0.608. The Morgan fingerprint density at radius 1 is 1.07 bits per heavy atom. The second kappa shape index (κ2) is 8.16. The first-order valence-electron chi connectivity index (χ1n) is 9.94. The lowest BCUT2D eigenvalue weighted by atomic mass is 10.1. The molecule has 0 fully saturated rings. The third kappa shape index (κ3) is 3.95. The van der Waals surface area contributed by atoms with Gasteiger partial charge in [-0.1, -0.05) is 0 Å². The largest absolute Gasteiger partial charge is 0.367 e. The Kier molecular flexibility index (Phi) is 5.23. The zero-order valence-corrected chi connectivity index (χ0v) is 17.9. The van der Waals surface area contributed by atoms with Crippen molar-refractivity contribution in [1.29, 1.82) is 0 Å². The number of anilines is 3. The van der Waals surface area contributed by atoms with Crippen molar-refractivity contribution in [3.63, 3.8) is 0 Å². The normalized spacial score (nSPS) is 15.6. The fraction of sp³-hybridized carbons (Fsp3) is 0.217. The molecule has 0 saturated carbocycles. The van der Waals surface area contributed by atoms with Gasteiger partial charge in [-0.25, -0.2) is 0 Å². The van der Waals surface area contributed by atoms with Crippen LogP contribution in [0.2, 0.25) is 0 Å². The highest BCUT2D eigenvalue weighted by molar-refractivity contribution is 7.99. The molecular weight excluding hydrogens is 414 g/mol. The lowest BCUT2D eigenvalue weighted by molar-refractivity contribution is -0.115. The molecule has 0 bridgehead atoms. The van der Waals surface area contributed by atoms with Crippen LogP contribution in [0.4, 0.5) is 17.1 Å². The molecule has 0 saturated heterocycles. The number of fused-ring (bicyclic) bond motifs is 2. The van der Waals surface area contributed by atoms with E-state index in [1.165, 1.54) is 10.4 Å². The lowest BCUT2D eigenvalue weighted by Crippen LogP contribution is -2.29. The van der Waals surface area contributed by atoms with Crippen molar-refractivity contribution in [3.8, 4) is 0 Å². The number of nitrogens with zero attached hydrogens (tertiary/aromatic N) is 1. The van der Waals surface area contributed by atoms with Gasteiger partial charge >= 0.3 is 0 Å². The van der Waals surface area contributed by atoms with Gasteiger partial charge in [0.2, 0.25) is 5.91 Å². The van der Waals surface area contributed by atoms with Crippen molar-refractivity contribution < 1.29 is 9.59 Å². The summed E-state index contributed by atoms with van der Waals surface area (Å²) in [5.41, 5.74) is 4.57. The van der Waals surface area contributed by atoms with Gasteiger partial charge in [0.1, 0.15) is 0 Å². The summed E-state index contributed by atoms with van der Waals surface area (Å²) in [4.78, 5) is 29.4. The van der Waals surface area contributed by atoms with Crippen LogP contribution >= 0.6 is 23.1 Å². The molecule has 152 valence electrons. The second-order valence-corrected chi connectivity index (χ2v) is 9.54. The molecule has 2 aliphatic heterocycles. The molecule has 0 aliphatic carbocycles. The van der Waals surface area contributed by atoms with Crippen molar-refractivity contribution in [3.05, 3.63) is 69.9 Å². The Hall–Kier alpha value is -2.77. The number of carbonyl (C=O) groups is 2. The number of carbonyl (C=O) groups excluding carboxylic acids is 2. The molecule has 7 heteroatoms. The topological polar surface area (TPSA) is 61.4 Å². The first-order chi connectivity index (χ1) is 14.7. The molecule has 1 aromatic heterocycles. The van der Waals surface area contributed by atoms with Crippen LogP contribution in [0.25, 0.3) is 0 Å². The fourth-order valence-electron chi connectivity index (χ4n) is 3.79. The van der Waals surface area contributed by atoms with Gasteiger partial charge in [0.15, 0.2) is 0 Å². The maximum atomic E-state index is 12.7. The highest BCUT2D eigenvalue weighted by Crippen LogP contribution is 2.32. The predicted octanol–water partition coefficient (Wildman–Crippen LogP) is 5.00. The monoisotopic (exact) mass is 435 g/mol. The molecule has 30 heavy (non-hydrogen) atoms. The maximum Gasteiger partial charge on any atom is 0.255 e. The van der Waals surface area contributed by atoms with Gasteiger partial charge in [-0.15, -0.1) is 23.1 Å². The van der Waals surface area contributed by atoms with E-state index in [1.807, 2.05) is 29.5 Å². The fourth-order valence-corrected chi connectivity index (χ4v) is 5.62. The molecule has 2 aromatic carbocycles. The molecule has 2 aliphatic rings. The average Bonchev–Trinajstić information content (AvgIpc) is 3.14. The predicted molar refractivity (Wildman–Crippen MR) is 124 cm³/mol. The van der Waals surface area contributed by atoms with E-state index < -0.39 is 0 Å². The molecule has 2 amide bonds. The standard InChI is InChI=1S/C23H21N3O2S2/c27-22-9-12-30-21-6-1-15(13-19(21)25-22)23(28)24-17-2-4-18(5-3-17)26-10-7-20-16(14-26)8-11-29-20/h1-6,8,11,13H,7,9-10,12,14H2,(H,24,28)(H,25,27). The third-order valence-corrected chi connectivity index (χ3v) is 7.50. The minimum atomic E-state index is -0.185. The van der Waals surface area contributed by atoms with Crippen molar-refractivity contribution in [2.24, 2.45) is 0 Å². The van der Waals surface area contributed by atoms with E-state index in [0.717, 1.165) is 41.5 Å². The number of benzene rings is 2. The summed E-state index contributed by atoms with van der Waals surface area (Å²) in [6.45, 7) is 1.95. The average molecular weight is 436 g/mol. The Morgan fingerprint density at radius 2 is 1.93 bits per heavy atom. The molecule has 0 spiro atoms. The van der Waals surface area contributed by atoms with Crippen LogP contribution in [0.5, 0.6) is 0 Å². The van der Waals surface area contributed by atoms with Gasteiger partial charge in [-0.2, -0.15) is 0 Å².